The predicted octanol–water partition coefficient (Wildman–Crippen LogP) is 3.31. The predicted molar refractivity (Wildman–Crippen MR) is 67.6 cm³/mol. The summed E-state index contributed by atoms with van der Waals surface area (Å²) in [5.41, 5.74) is 0.985. The van der Waals surface area contributed by atoms with Crippen molar-refractivity contribution in [1.29, 1.82) is 0 Å². The van der Waals surface area contributed by atoms with E-state index in [1.165, 1.54) is 0 Å². The average molecular weight is 223 g/mol. The summed E-state index contributed by atoms with van der Waals surface area (Å²) >= 11 is 0. The van der Waals surface area contributed by atoms with Crippen LogP contribution in [-0.4, -0.2) is 20.3 Å². The minimum Gasteiger partial charge on any atom is -0.495 e. The maximum atomic E-state index is 5.64. The Morgan fingerprint density at radius 1 is 1.25 bits per heavy atom. The minimum absolute atomic E-state index is 0.772. The lowest BCUT2D eigenvalue weighted by atomic mass is 10.2. The van der Waals surface area contributed by atoms with Gasteiger partial charge in [-0.05, 0) is 25.5 Å². The highest BCUT2D eigenvalue weighted by molar-refractivity contribution is 5.59. The van der Waals surface area contributed by atoms with Gasteiger partial charge in [0.2, 0.25) is 0 Å². The van der Waals surface area contributed by atoms with E-state index in [0.717, 1.165) is 43.2 Å². The van der Waals surface area contributed by atoms with Crippen LogP contribution in [0, 0.1) is 0 Å². The van der Waals surface area contributed by atoms with Crippen LogP contribution in [0.5, 0.6) is 11.5 Å². The van der Waals surface area contributed by atoms with Crippen LogP contribution < -0.4 is 14.8 Å². The molecule has 0 bridgehead atoms. The summed E-state index contributed by atoms with van der Waals surface area (Å²) in [7, 11) is 1.67. The fourth-order valence-electron chi connectivity index (χ4n) is 1.44. The Bertz CT molecular complexity index is 313. The first kappa shape index (κ1) is 12.7. The van der Waals surface area contributed by atoms with Gasteiger partial charge in [-0.3, -0.25) is 0 Å². The van der Waals surface area contributed by atoms with Crippen LogP contribution in [0.25, 0.3) is 0 Å². The van der Waals surface area contributed by atoms with Gasteiger partial charge in [-0.15, -0.1) is 0 Å². The van der Waals surface area contributed by atoms with Crippen LogP contribution in [-0.2, 0) is 0 Å². The topological polar surface area (TPSA) is 30.5 Å². The molecule has 1 N–H and O–H groups in total. The van der Waals surface area contributed by atoms with E-state index in [-0.39, 0.29) is 0 Å². The van der Waals surface area contributed by atoms with Crippen molar-refractivity contribution in [2.45, 2.75) is 26.7 Å². The van der Waals surface area contributed by atoms with Crippen LogP contribution in [0.1, 0.15) is 26.7 Å². The minimum atomic E-state index is 0.772. The van der Waals surface area contributed by atoms with E-state index >= 15 is 0 Å². The average Bonchev–Trinajstić information content (AvgIpc) is 2.30. The van der Waals surface area contributed by atoms with E-state index in [1.54, 1.807) is 7.11 Å². The Morgan fingerprint density at radius 3 is 2.69 bits per heavy atom. The molecule has 16 heavy (non-hydrogen) atoms. The highest BCUT2D eigenvalue weighted by Gasteiger charge is 2.03. The summed E-state index contributed by atoms with van der Waals surface area (Å²) in [6.45, 7) is 5.86. The van der Waals surface area contributed by atoms with E-state index in [0.29, 0.717) is 0 Å². The van der Waals surface area contributed by atoms with Gasteiger partial charge < -0.3 is 14.8 Å². The molecule has 3 heteroatoms. The van der Waals surface area contributed by atoms with E-state index in [2.05, 4.69) is 19.2 Å². The molecule has 1 rings (SSSR count). The summed E-state index contributed by atoms with van der Waals surface area (Å²) in [4.78, 5) is 0. The summed E-state index contributed by atoms with van der Waals surface area (Å²) in [6.07, 6.45) is 2.23. The third kappa shape index (κ3) is 3.65. The van der Waals surface area contributed by atoms with Crippen molar-refractivity contribution < 1.29 is 9.47 Å². The normalized spacial score (nSPS) is 9.94. The number of nitrogens with one attached hydrogen (secondary N) is 1. The lowest BCUT2D eigenvalue weighted by Crippen LogP contribution is -2.01. The van der Waals surface area contributed by atoms with Gasteiger partial charge in [-0.2, -0.15) is 0 Å². The maximum absolute atomic E-state index is 5.64. The van der Waals surface area contributed by atoms with Crippen LogP contribution in [0.3, 0.4) is 0 Å². The van der Waals surface area contributed by atoms with Crippen molar-refractivity contribution in [2.75, 3.05) is 25.6 Å². The lowest BCUT2D eigenvalue weighted by Gasteiger charge is -2.12. The number of hydrogen-bond donors (Lipinski definition) is 1. The molecular weight excluding hydrogens is 202 g/mol. The molecule has 0 fully saturated rings. The number of anilines is 1. The molecule has 0 saturated heterocycles. The van der Waals surface area contributed by atoms with E-state index in [9.17, 15) is 0 Å². The summed E-state index contributed by atoms with van der Waals surface area (Å²) in [6, 6.07) is 5.85. The number of methoxy groups -OCH3 is 1. The van der Waals surface area contributed by atoms with Crippen molar-refractivity contribution in [3.8, 4) is 11.5 Å². The van der Waals surface area contributed by atoms with Gasteiger partial charge in [0.1, 0.15) is 11.5 Å². The Kier molecular flexibility index (Phi) is 5.54. The molecule has 0 unspecified atom stereocenters. The van der Waals surface area contributed by atoms with Crippen LogP contribution in [0.4, 0.5) is 5.69 Å². The zero-order valence-corrected chi connectivity index (χ0v) is 10.4. The number of benzene rings is 1. The monoisotopic (exact) mass is 223 g/mol. The number of rotatable bonds is 7. The van der Waals surface area contributed by atoms with Gasteiger partial charge in [0.15, 0.2) is 0 Å². The molecule has 90 valence electrons. The SMILES string of the molecule is CCCCOc1ccc(OC)c(NCC)c1. The van der Waals surface area contributed by atoms with Crippen LogP contribution in [0.2, 0.25) is 0 Å². The molecule has 0 spiro atoms. The molecule has 0 aliphatic carbocycles. The second kappa shape index (κ2) is 6.99. The van der Waals surface area contributed by atoms with Gasteiger partial charge in [0.05, 0.1) is 19.4 Å². The first-order chi connectivity index (χ1) is 7.81. The van der Waals surface area contributed by atoms with Gasteiger partial charge >= 0.3 is 0 Å². The van der Waals surface area contributed by atoms with E-state index in [1.807, 2.05) is 18.2 Å². The molecule has 3 nitrogen and oxygen atoms in total. The summed E-state index contributed by atoms with van der Waals surface area (Å²) in [5, 5.41) is 3.25. The molecule has 0 aromatic heterocycles. The van der Waals surface area contributed by atoms with Crippen molar-refractivity contribution >= 4 is 5.69 Å². The molecule has 0 atom stereocenters. The third-order valence-electron chi connectivity index (χ3n) is 2.30. The Balaban J connectivity index is 2.68. The maximum Gasteiger partial charge on any atom is 0.142 e. The van der Waals surface area contributed by atoms with Gasteiger partial charge in [0.25, 0.3) is 0 Å². The molecule has 0 aliphatic heterocycles. The molecule has 0 saturated carbocycles. The zero-order chi connectivity index (χ0) is 11.8. The molecule has 0 heterocycles. The lowest BCUT2D eigenvalue weighted by molar-refractivity contribution is 0.309. The largest absolute Gasteiger partial charge is 0.495 e. The standard InChI is InChI=1S/C13H21NO2/c1-4-6-9-16-11-7-8-13(15-3)12(10-11)14-5-2/h7-8,10,14H,4-6,9H2,1-3H3. The number of ether oxygens (including phenoxy) is 2. The second-order valence-electron chi connectivity index (χ2n) is 3.59. The summed E-state index contributed by atoms with van der Waals surface area (Å²) < 4.78 is 10.9. The fraction of sp³-hybridized carbons (Fsp3) is 0.538. The molecule has 1 aromatic rings. The Hall–Kier alpha value is -1.38. The molecular formula is C13H21NO2. The highest BCUT2D eigenvalue weighted by Crippen LogP contribution is 2.28. The molecule has 1 aromatic carbocycles. The van der Waals surface area contributed by atoms with Crippen molar-refractivity contribution in [1.82, 2.24) is 0 Å². The van der Waals surface area contributed by atoms with Crippen LogP contribution >= 0.6 is 0 Å². The highest BCUT2D eigenvalue weighted by atomic mass is 16.5. The number of hydrogen-bond acceptors (Lipinski definition) is 3. The van der Waals surface area contributed by atoms with E-state index < -0.39 is 0 Å². The quantitative estimate of drug-likeness (QED) is 0.719. The Labute approximate surface area is 97.8 Å². The van der Waals surface area contributed by atoms with Crippen molar-refractivity contribution in [3.05, 3.63) is 18.2 Å². The number of unbranched alkanes of at least 4 members (excludes halogenated alkanes) is 1. The smallest absolute Gasteiger partial charge is 0.142 e. The van der Waals surface area contributed by atoms with Crippen molar-refractivity contribution in [3.63, 3.8) is 0 Å². The zero-order valence-electron chi connectivity index (χ0n) is 10.4. The first-order valence-electron chi connectivity index (χ1n) is 5.86. The van der Waals surface area contributed by atoms with Crippen LogP contribution in [0.15, 0.2) is 18.2 Å². The Morgan fingerprint density at radius 2 is 2.06 bits per heavy atom. The molecule has 0 amide bonds. The third-order valence-corrected chi connectivity index (χ3v) is 2.30. The molecule has 0 aliphatic rings. The fourth-order valence-corrected chi connectivity index (χ4v) is 1.44. The van der Waals surface area contributed by atoms with Gasteiger partial charge in [-0.1, -0.05) is 13.3 Å². The van der Waals surface area contributed by atoms with Gasteiger partial charge in [0, 0.05) is 12.6 Å². The van der Waals surface area contributed by atoms with Crippen molar-refractivity contribution in [2.24, 2.45) is 0 Å². The molecule has 0 radical (unpaired) electrons. The van der Waals surface area contributed by atoms with E-state index in [4.69, 9.17) is 9.47 Å². The van der Waals surface area contributed by atoms with Gasteiger partial charge in [-0.25, -0.2) is 0 Å². The summed E-state index contributed by atoms with van der Waals surface area (Å²) in [5.74, 6) is 1.75. The second-order valence-corrected chi connectivity index (χ2v) is 3.59. The first-order valence-corrected chi connectivity index (χ1v) is 5.86.